The van der Waals surface area contributed by atoms with Gasteiger partial charge in [0.15, 0.2) is 5.82 Å². The van der Waals surface area contributed by atoms with Crippen LogP contribution in [0.5, 0.6) is 0 Å². The summed E-state index contributed by atoms with van der Waals surface area (Å²) in [5.41, 5.74) is -0.223. The van der Waals surface area contributed by atoms with Crippen molar-refractivity contribution in [2.24, 2.45) is 0 Å². The van der Waals surface area contributed by atoms with E-state index in [1.165, 1.54) is 0 Å². The summed E-state index contributed by atoms with van der Waals surface area (Å²) in [7, 11) is 1.60. The number of aromatic nitrogens is 2. The Morgan fingerprint density at radius 3 is 2.77 bits per heavy atom. The molecule has 13 heavy (non-hydrogen) atoms. The van der Waals surface area contributed by atoms with Gasteiger partial charge in [-0.1, -0.05) is 0 Å². The van der Waals surface area contributed by atoms with Crippen LogP contribution in [0, 0.1) is 0 Å². The highest BCUT2D eigenvalue weighted by atomic mass is 16.5. The van der Waals surface area contributed by atoms with Gasteiger partial charge in [0.05, 0.1) is 12.3 Å². The lowest BCUT2D eigenvalue weighted by Crippen LogP contribution is -2.20. The molecule has 0 aliphatic heterocycles. The molecule has 0 saturated carbocycles. The molecule has 0 bridgehead atoms. The second kappa shape index (κ2) is 3.81. The lowest BCUT2D eigenvalue weighted by Gasteiger charge is -2.15. The molecule has 72 valence electrons. The van der Waals surface area contributed by atoms with E-state index >= 15 is 0 Å². The van der Waals surface area contributed by atoms with Crippen LogP contribution in [0.1, 0.15) is 25.4 Å². The zero-order valence-corrected chi connectivity index (χ0v) is 8.11. The Hall–Kier alpha value is -1.00. The zero-order chi connectivity index (χ0) is 9.90. The summed E-state index contributed by atoms with van der Waals surface area (Å²) in [5.74, 6) is 0.419. The van der Waals surface area contributed by atoms with Gasteiger partial charge in [-0.25, -0.2) is 9.97 Å². The number of methoxy groups -OCH3 is 1. The van der Waals surface area contributed by atoms with E-state index in [1.54, 1.807) is 33.2 Å². The summed E-state index contributed by atoms with van der Waals surface area (Å²) in [5, 5.41) is 9.62. The molecule has 0 amide bonds. The summed E-state index contributed by atoms with van der Waals surface area (Å²) in [6.07, 6.45) is 1.62. The fraction of sp³-hybridized carbons (Fsp3) is 0.556. The van der Waals surface area contributed by atoms with Crippen LogP contribution < -0.4 is 0 Å². The molecule has 1 N–H and O–H groups in total. The minimum absolute atomic E-state index is 0.419. The van der Waals surface area contributed by atoms with E-state index in [1.807, 2.05) is 0 Å². The van der Waals surface area contributed by atoms with Gasteiger partial charge >= 0.3 is 0 Å². The lowest BCUT2D eigenvalue weighted by atomic mass is 10.1. The van der Waals surface area contributed by atoms with Gasteiger partial charge < -0.3 is 9.84 Å². The number of rotatable bonds is 3. The average Bonchev–Trinajstić information content (AvgIpc) is 2.04. The number of hydrogen-bond acceptors (Lipinski definition) is 4. The van der Waals surface area contributed by atoms with Crippen LogP contribution in [0.4, 0.5) is 0 Å². The quantitative estimate of drug-likeness (QED) is 0.753. The molecule has 0 fully saturated rings. The summed E-state index contributed by atoms with van der Waals surface area (Å²) in [4.78, 5) is 8.12. The van der Waals surface area contributed by atoms with Crippen molar-refractivity contribution in [2.45, 2.75) is 26.1 Å². The van der Waals surface area contributed by atoms with Crippen LogP contribution in [-0.2, 0) is 16.9 Å². The minimum atomic E-state index is -0.996. The van der Waals surface area contributed by atoms with E-state index in [0.29, 0.717) is 12.4 Å². The highest BCUT2D eigenvalue weighted by Crippen LogP contribution is 2.14. The Bertz CT molecular complexity index is 281. The largest absolute Gasteiger partial charge is 0.382 e. The van der Waals surface area contributed by atoms with Crippen LogP contribution >= 0.6 is 0 Å². The van der Waals surface area contributed by atoms with Crippen molar-refractivity contribution in [2.75, 3.05) is 7.11 Å². The van der Waals surface area contributed by atoms with E-state index in [9.17, 15) is 5.11 Å². The topological polar surface area (TPSA) is 55.2 Å². The van der Waals surface area contributed by atoms with Crippen molar-refractivity contribution in [3.05, 3.63) is 23.8 Å². The Morgan fingerprint density at radius 2 is 2.23 bits per heavy atom. The Morgan fingerprint density at radius 1 is 1.54 bits per heavy atom. The fourth-order valence-electron chi connectivity index (χ4n) is 0.919. The second-order valence-electron chi connectivity index (χ2n) is 3.36. The van der Waals surface area contributed by atoms with Gasteiger partial charge in [-0.3, -0.25) is 0 Å². The molecular weight excluding hydrogens is 168 g/mol. The van der Waals surface area contributed by atoms with Gasteiger partial charge in [-0.2, -0.15) is 0 Å². The first kappa shape index (κ1) is 10.1. The van der Waals surface area contributed by atoms with Crippen molar-refractivity contribution >= 4 is 0 Å². The van der Waals surface area contributed by atoms with Crippen molar-refractivity contribution in [3.63, 3.8) is 0 Å². The number of aliphatic hydroxyl groups is 1. The van der Waals surface area contributed by atoms with E-state index in [4.69, 9.17) is 4.74 Å². The number of ether oxygens (including phenoxy) is 1. The van der Waals surface area contributed by atoms with Crippen LogP contribution in [0.3, 0.4) is 0 Å². The monoisotopic (exact) mass is 182 g/mol. The summed E-state index contributed by atoms with van der Waals surface area (Å²) >= 11 is 0. The number of nitrogens with zero attached hydrogens (tertiary/aromatic N) is 2. The summed E-state index contributed by atoms with van der Waals surface area (Å²) in [6, 6.07) is 1.76. The first-order valence-corrected chi connectivity index (χ1v) is 4.08. The Kier molecular flexibility index (Phi) is 2.95. The van der Waals surface area contributed by atoms with Gasteiger partial charge in [-0.05, 0) is 19.9 Å². The summed E-state index contributed by atoms with van der Waals surface area (Å²) in [6.45, 7) is 3.74. The maximum absolute atomic E-state index is 9.62. The molecule has 0 spiro atoms. The third-order valence-electron chi connectivity index (χ3n) is 1.55. The predicted octanol–water partition coefficient (Wildman–Crippen LogP) is 0.850. The van der Waals surface area contributed by atoms with Crippen LogP contribution in [0.2, 0.25) is 0 Å². The average molecular weight is 182 g/mol. The van der Waals surface area contributed by atoms with E-state index in [2.05, 4.69) is 9.97 Å². The maximum atomic E-state index is 9.62. The number of hydrogen-bond donors (Lipinski definition) is 1. The van der Waals surface area contributed by atoms with E-state index < -0.39 is 5.60 Å². The zero-order valence-electron chi connectivity index (χ0n) is 8.11. The van der Waals surface area contributed by atoms with Crippen molar-refractivity contribution in [1.29, 1.82) is 0 Å². The van der Waals surface area contributed by atoms with Crippen molar-refractivity contribution < 1.29 is 9.84 Å². The summed E-state index contributed by atoms with van der Waals surface area (Å²) < 4.78 is 4.92. The molecule has 0 saturated heterocycles. The molecule has 0 aliphatic carbocycles. The Labute approximate surface area is 77.6 Å². The smallest absolute Gasteiger partial charge is 0.159 e. The molecule has 0 unspecified atom stereocenters. The molecule has 1 aromatic rings. The standard InChI is InChI=1S/C9H14N2O2/c1-9(2,12)8-10-5-4-7(11-8)6-13-3/h4-5,12H,6H2,1-3H3. The van der Waals surface area contributed by atoms with Gasteiger partial charge in [0.25, 0.3) is 0 Å². The highest BCUT2D eigenvalue weighted by molar-refractivity contribution is 5.05. The molecule has 0 radical (unpaired) electrons. The van der Waals surface area contributed by atoms with Crippen molar-refractivity contribution in [3.8, 4) is 0 Å². The lowest BCUT2D eigenvalue weighted by molar-refractivity contribution is 0.0677. The van der Waals surface area contributed by atoms with Gasteiger partial charge in [-0.15, -0.1) is 0 Å². The first-order valence-electron chi connectivity index (χ1n) is 4.08. The molecule has 4 nitrogen and oxygen atoms in total. The SMILES string of the molecule is COCc1ccnc(C(C)(C)O)n1. The van der Waals surface area contributed by atoms with Crippen LogP contribution in [-0.4, -0.2) is 22.2 Å². The van der Waals surface area contributed by atoms with Gasteiger partial charge in [0.2, 0.25) is 0 Å². The second-order valence-corrected chi connectivity index (χ2v) is 3.36. The normalized spacial score (nSPS) is 11.7. The fourth-order valence-corrected chi connectivity index (χ4v) is 0.919. The van der Waals surface area contributed by atoms with Gasteiger partial charge in [0, 0.05) is 13.3 Å². The van der Waals surface area contributed by atoms with Gasteiger partial charge in [0.1, 0.15) is 5.60 Å². The molecule has 4 heteroatoms. The molecule has 1 rings (SSSR count). The molecule has 0 aliphatic rings. The molecule has 1 heterocycles. The first-order chi connectivity index (χ1) is 6.04. The van der Waals surface area contributed by atoms with Crippen molar-refractivity contribution in [1.82, 2.24) is 9.97 Å². The van der Waals surface area contributed by atoms with Crippen LogP contribution in [0.25, 0.3) is 0 Å². The Balaban J connectivity index is 2.92. The third-order valence-corrected chi connectivity index (χ3v) is 1.55. The molecule has 0 aromatic carbocycles. The van der Waals surface area contributed by atoms with E-state index in [0.717, 1.165) is 5.69 Å². The van der Waals surface area contributed by atoms with Crippen LogP contribution in [0.15, 0.2) is 12.3 Å². The molecular formula is C9H14N2O2. The minimum Gasteiger partial charge on any atom is -0.382 e. The molecule has 0 atom stereocenters. The highest BCUT2D eigenvalue weighted by Gasteiger charge is 2.19. The molecule has 1 aromatic heterocycles. The predicted molar refractivity (Wildman–Crippen MR) is 48.0 cm³/mol. The third kappa shape index (κ3) is 2.75. The van der Waals surface area contributed by atoms with E-state index in [-0.39, 0.29) is 0 Å². The maximum Gasteiger partial charge on any atom is 0.159 e.